The second-order valence-electron chi connectivity index (χ2n) is 5.94. The second-order valence-corrected chi connectivity index (χ2v) is 5.94. The summed E-state index contributed by atoms with van der Waals surface area (Å²) >= 11 is 0. The molecule has 0 spiro atoms. The van der Waals surface area contributed by atoms with Gasteiger partial charge in [-0.15, -0.1) is 0 Å². The highest BCUT2D eigenvalue weighted by atomic mass is 16.5. The van der Waals surface area contributed by atoms with Gasteiger partial charge in [-0.2, -0.15) is 0 Å². The predicted molar refractivity (Wildman–Crippen MR) is 105 cm³/mol. The van der Waals surface area contributed by atoms with E-state index >= 15 is 0 Å². The summed E-state index contributed by atoms with van der Waals surface area (Å²) in [6.45, 7) is 6.62. The second kappa shape index (κ2) is 11.1. The number of nitrogens with zero attached hydrogens (tertiary/aromatic N) is 3. The third-order valence-corrected chi connectivity index (χ3v) is 4.13. The SMILES string of the molecule is CCc1noc(CC)c1CNC(=NC)NCCCCNc1ccccn1. The van der Waals surface area contributed by atoms with Gasteiger partial charge in [0.05, 0.1) is 5.69 Å². The fourth-order valence-corrected chi connectivity index (χ4v) is 2.67. The number of aliphatic imine (C=N–C) groups is 1. The van der Waals surface area contributed by atoms with Crippen LogP contribution in [0.15, 0.2) is 33.9 Å². The molecule has 2 heterocycles. The van der Waals surface area contributed by atoms with E-state index in [0.29, 0.717) is 6.54 Å². The zero-order chi connectivity index (χ0) is 18.6. The first kappa shape index (κ1) is 19.8. The maximum atomic E-state index is 5.40. The number of pyridine rings is 1. The van der Waals surface area contributed by atoms with Gasteiger partial charge < -0.3 is 20.5 Å². The average Bonchev–Trinajstić information content (AvgIpc) is 3.09. The minimum absolute atomic E-state index is 0.677. The number of nitrogens with one attached hydrogen (secondary N) is 3. The molecule has 0 saturated carbocycles. The van der Waals surface area contributed by atoms with Crippen molar-refractivity contribution in [2.45, 2.75) is 46.1 Å². The lowest BCUT2D eigenvalue weighted by atomic mass is 10.1. The zero-order valence-corrected chi connectivity index (χ0v) is 16.0. The van der Waals surface area contributed by atoms with Crippen molar-refractivity contribution in [3.63, 3.8) is 0 Å². The van der Waals surface area contributed by atoms with Crippen molar-refractivity contribution in [2.75, 3.05) is 25.5 Å². The standard InChI is InChI=1S/C19H30N6O/c1-4-16-15(17(5-2)26-25-16)14-24-19(20-3)23-13-9-8-12-22-18-10-6-7-11-21-18/h6-7,10-11H,4-5,8-9,12-14H2,1-3H3,(H,21,22)(H2,20,23,24). The third kappa shape index (κ3) is 6.06. The summed E-state index contributed by atoms with van der Waals surface area (Å²) in [5.41, 5.74) is 2.17. The monoisotopic (exact) mass is 358 g/mol. The summed E-state index contributed by atoms with van der Waals surface area (Å²) in [6.07, 6.45) is 5.62. The molecule has 0 unspecified atom stereocenters. The Morgan fingerprint density at radius 1 is 1.12 bits per heavy atom. The summed E-state index contributed by atoms with van der Waals surface area (Å²) in [4.78, 5) is 8.53. The molecule has 2 aromatic rings. The topological polar surface area (TPSA) is 87.4 Å². The van der Waals surface area contributed by atoms with Crippen LogP contribution in [0.5, 0.6) is 0 Å². The number of anilines is 1. The molecule has 3 N–H and O–H groups in total. The predicted octanol–water partition coefficient (Wildman–Crippen LogP) is 2.75. The van der Waals surface area contributed by atoms with Gasteiger partial charge in [0.15, 0.2) is 5.96 Å². The van der Waals surface area contributed by atoms with E-state index in [1.54, 1.807) is 13.2 Å². The molecule has 2 rings (SSSR count). The van der Waals surface area contributed by atoms with Crippen molar-refractivity contribution < 1.29 is 4.52 Å². The average molecular weight is 358 g/mol. The Kier molecular flexibility index (Phi) is 8.45. The molecule has 0 radical (unpaired) electrons. The molecular weight excluding hydrogens is 328 g/mol. The minimum Gasteiger partial charge on any atom is -0.370 e. The van der Waals surface area contributed by atoms with Gasteiger partial charge in [-0.1, -0.05) is 25.1 Å². The normalized spacial score (nSPS) is 11.4. The fourth-order valence-electron chi connectivity index (χ4n) is 2.67. The summed E-state index contributed by atoms with van der Waals surface area (Å²) in [7, 11) is 1.78. The molecule has 0 saturated heterocycles. The maximum absolute atomic E-state index is 5.40. The number of aromatic nitrogens is 2. The Morgan fingerprint density at radius 2 is 1.96 bits per heavy atom. The Labute approximate surface area is 155 Å². The van der Waals surface area contributed by atoms with Gasteiger partial charge >= 0.3 is 0 Å². The van der Waals surface area contributed by atoms with Crippen LogP contribution < -0.4 is 16.0 Å². The number of guanidine groups is 1. The Hall–Kier alpha value is -2.57. The lowest BCUT2D eigenvalue weighted by Gasteiger charge is -2.12. The highest BCUT2D eigenvalue weighted by molar-refractivity contribution is 5.79. The number of hydrogen-bond acceptors (Lipinski definition) is 5. The van der Waals surface area contributed by atoms with Gasteiger partial charge in [-0.05, 0) is 31.4 Å². The Bertz CT molecular complexity index is 646. The van der Waals surface area contributed by atoms with E-state index < -0.39 is 0 Å². The van der Waals surface area contributed by atoms with Gasteiger partial charge in [0.25, 0.3) is 0 Å². The molecule has 0 aliphatic carbocycles. The van der Waals surface area contributed by atoms with Crippen LogP contribution in [0.1, 0.15) is 43.7 Å². The van der Waals surface area contributed by atoms with E-state index in [1.807, 2.05) is 18.2 Å². The molecule has 7 heteroatoms. The van der Waals surface area contributed by atoms with Crippen LogP contribution in [0.3, 0.4) is 0 Å². The van der Waals surface area contributed by atoms with Gasteiger partial charge in [-0.3, -0.25) is 4.99 Å². The van der Waals surface area contributed by atoms with Crippen molar-refractivity contribution in [2.24, 2.45) is 4.99 Å². The smallest absolute Gasteiger partial charge is 0.191 e. The summed E-state index contributed by atoms with van der Waals surface area (Å²) in [5, 5.41) is 14.2. The number of unbranched alkanes of at least 4 members (excludes halogenated alkanes) is 1. The maximum Gasteiger partial charge on any atom is 0.191 e. The Balaban J connectivity index is 1.66. The van der Waals surface area contributed by atoms with Crippen molar-refractivity contribution in [3.05, 3.63) is 41.4 Å². The highest BCUT2D eigenvalue weighted by Crippen LogP contribution is 2.15. The molecule has 0 fully saturated rings. The van der Waals surface area contributed by atoms with Crippen molar-refractivity contribution >= 4 is 11.8 Å². The summed E-state index contributed by atoms with van der Waals surface area (Å²) in [6, 6.07) is 5.88. The molecule has 0 bridgehead atoms. The van der Waals surface area contributed by atoms with Gasteiger partial charge in [-0.25, -0.2) is 4.98 Å². The zero-order valence-electron chi connectivity index (χ0n) is 16.0. The molecule has 0 atom stereocenters. The van der Waals surface area contributed by atoms with Crippen LogP contribution in [0.4, 0.5) is 5.82 Å². The number of hydrogen-bond donors (Lipinski definition) is 3. The van der Waals surface area contributed by atoms with E-state index in [2.05, 4.69) is 44.9 Å². The molecular formula is C19H30N6O. The first-order valence-corrected chi connectivity index (χ1v) is 9.34. The van der Waals surface area contributed by atoms with E-state index in [0.717, 1.165) is 67.6 Å². The van der Waals surface area contributed by atoms with Crippen LogP contribution in [0, 0.1) is 0 Å². The van der Waals surface area contributed by atoms with Crippen molar-refractivity contribution in [1.29, 1.82) is 0 Å². The lowest BCUT2D eigenvalue weighted by Crippen LogP contribution is -2.37. The first-order valence-electron chi connectivity index (χ1n) is 9.34. The van der Waals surface area contributed by atoms with Crippen molar-refractivity contribution in [1.82, 2.24) is 20.8 Å². The van der Waals surface area contributed by atoms with E-state index in [4.69, 9.17) is 4.52 Å². The first-order chi connectivity index (χ1) is 12.8. The van der Waals surface area contributed by atoms with Crippen LogP contribution >= 0.6 is 0 Å². The molecule has 7 nitrogen and oxygen atoms in total. The summed E-state index contributed by atoms with van der Waals surface area (Å²) < 4.78 is 5.40. The molecule has 2 aromatic heterocycles. The highest BCUT2D eigenvalue weighted by Gasteiger charge is 2.13. The molecule has 26 heavy (non-hydrogen) atoms. The van der Waals surface area contributed by atoms with Crippen LogP contribution in [0.25, 0.3) is 0 Å². The number of rotatable bonds is 10. The van der Waals surface area contributed by atoms with E-state index in [1.165, 1.54) is 0 Å². The largest absolute Gasteiger partial charge is 0.370 e. The fraction of sp³-hybridized carbons (Fsp3) is 0.526. The number of aryl methyl sites for hydroxylation is 2. The quantitative estimate of drug-likeness (QED) is 0.344. The van der Waals surface area contributed by atoms with E-state index in [-0.39, 0.29) is 0 Å². The molecule has 0 aromatic carbocycles. The van der Waals surface area contributed by atoms with Crippen LogP contribution in [0.2, 0.25) is 0 Å². The van der Waals surface area contributed by atoms with Crippen molar-refractivity contribution in [3.8, 4) is 0 Å². The van der Waals surface area contributed by atoms with Gasteiger partial charge in [0.1, 0.15) is 11.6 Å². The molecule has 0 aliphatic heterocycles. The Morgan fingerprint density at radius 3 is 2.65 bits per heavy atom. The summed E-state index contributed by atoms with van der Waals surface area (Å²) in [5.74, 6) is 2.67. The molecule has 0 aliphatic rings. The third-order valence-electron chi connectivity index (χ3n) is 4.13. The minimum atomic E-state index is 0.677. The lowest BCUT2D eigenvalue weighted by molar-refractivity contribution is 0.380. The van der Waals surface area contributed by atoms with Crippen LogP contribution in [-0.4, -0.2) is 36.2 Å². The van der Waals surface area contributed by atoms with Gasteiger partial charge in [0, 0.05) is 44.9 Å². The molecule has 142 valence electrons. The van der Waals surface area contributed by atoms with Crippen LogP contribution in [-0.2, 0) is 19.4 Å². The molecule has 0 amide bonds. The van der Waals surface area contributed by atoms with E-state index in [9.17, 15) is 0 Å². The van der Waals surface area contributed by atoms with Gasteiger partial charge in [0.2, 0.25) is 0 Å².